The molecule has 0 radical (unpaired) electrons. The summed E-state index contributed by atoms with van der Waals surface area (Å²) in [7, 11) is -3.20. The van der Waals surface area contributed by atoms with Crippen molar-refractivity contribution in [1.29, 1.82) is 0 Å². The Morgan fingerprint density at radius 1 is 1.26 bits per heavy atom. The van der Waals surface area contributed by atoms with Gasteiger partial charge in [-0.25, -0.2) is 13.4 Å². The van der Waals surface area contributed by atoms with Gasteiger partial charge in [-0.15, -0.1) is 0 Å². The molecule has 0 bridgehead atoms. The Bertz CT molecular complexity index is 769. The highest BCUT2D eigenvalue weighted by Gasteiger charge is 2.16. The van der Waals surface area contributed by atoms with Crippen LogP contribution < -0.4 is 4.74 Å². The van der Waals surface area contributed by atoms with E-state index in [9.17, 15) is 8.42 Å². The van der Waals surface area contributed by atoms with Gasteiger partial charge in [0.25, 0.3) is 0 Å². The van der Waals surface area contributed by atoms with Gasteiger partial charge in [0.2, 0.25) is 5.88 Å². The van der Waals surface area contributed by atoms with Gasteiger partial charge in [0.15, 0.2) is 9.84 Å². The zero-order valence-electron chi connectivity index (χ0n) is 12.8. The molecule has 1 aliphatic heterocycles. The number of rotatable bonds is 5. The van der Waals surface area contributed by atoms with E-state index in [4.69, 9.17) is 9.47 Å². The summed E-state index contributed by atoms with van der Waals surface area (Å²) in [5.74, 6) is 0.435. The summed E-state index contributed by atoms with van der Waals surface area (Å²) < 4.78 is 34.1. The predicted molar refractivity (Wildman–Crippen MR) is 85.0 cm³/mol. The Morgan fingerprint density at radius 2 is 2.04 bits per heavy atom. The van der Waals surface area contributed by atoms with E-state index in [1.54, 1.807) is 36.7 Å². The van der Waals surface area contributed by atoms with E-state index in [2.05, 4.69) is 9.97 Å². The standard InChI is InChI=1S/C16H18N2O4S/c1-23(19,20)14-6-4-12(5-7-14)15-9-17-10-16(18-15)22-11-13-3-2-8-21-13/h4-7,9-10,13H,2-3,8,11H2,1H3/t13-/m0/s1. The topological polar surface area (TPSA) is 78.4 Å². The third-order valence-corrected chi connectivity index (χ3v) is 4.76. The fourth-order valence-electron chi connectivity index (χ4n) is 2.38. The van der Waals surface area contributed by atoms with E-state index >= 15 is 0 Å². The van der Waals surface area contributed by atoms with Crippen molar-refractivity contribution in [2.24, 2.45) is 0 Å². The zero-order valence-corrected chi connectivity index (χ0v) is 13.6. The molecule has 0 amide bonds. The Hall–Kier alpha value is -1.99. The van der Waals surface area contributed by atoms with Gasteiger partial charge >= 0.3 is 0 Å². The van der Waals surface area contributed by atoms with Crippen molar-refractivity contribution in [1.82, 2.24) is 9.97 Å². The first-order valence-corrected chi connectivity index (χ1v) is 9.28. The van der Waals surface area contributed by atoms with Gasteiger partial charge in [-0.3, -0.25) is 4.98 Å². The van der Waals surface area contributed by atoms with Crippen molar-refractivity contribution < 1.29 is 17.9 Å². The summed E-state index contributed by atoms with van der Waals surface area (Å²) >= 11 is 0. The third-order valence-electron chi connectivity index (χ3n) is 3.63. The fourth-order valence-corrected chi connectivity index (χ4v) is 3.01. The van der Waals surface area contributed by atoms with Crippen LogP contribution in [-0.2, 0) is 14.6 Å². The molecular weight excluding hydrogens is 316 g/mol. The predicted octanol–water partition coefficient (Wildman–Crippen LogP) is 2.10. The summed E-state index contributed by atoms with van der Waals surface area (Å²) in [6.07, 6.45) is 6.54. The van der Waals surface area contributed by atoms with E-state index in [0.29, 0.717) is 18.2 Å². The highest BCUT2D eigenvalue weighted by Crippen LogP contribution is 2.21. The molecular formula is C16H18N2O4S. The molecule has 23 heavy (non-hydrogen) atoms. The Balaban J connectivity index is 1.73. The number of hydrogen-bond acceptors (Lipinski definition) is 6. The molecule has 1 aromatic carbocycles. The molecule has 0 unspecified atom stereocenters. The second-order valence-corrected chi connectivity index (χ2v) is 7.50. The Labute approximate surface area is 135 Å². The minimum Gasteiger partial charge on any atom is -0.474 e. The molecule has 1 atom stereocenters. The normalized spacial score (nSPS) is 18.0. The van der Waals surface area contributed by atoms with Crippen molar-refractivity contribution >= 4 is 9.84 Å². The summed E-state index contributed by atoms with van der Waals surface area (Å²) in [6, 6.07) is 6.55. The Kier molecular flexibility index (Phi) is 4.58. The number of aromatic nitrogens is 2. The van der Waals surface area contributed by atoms with Crippen molar-refractivity contribution in [2.45, 2.75) is 23.8 Å². The first-order chi connectivity index (χ1) is 11.0. The Morgan fingerprint density at radius 3 is 2.70 bits per heavy atom. The number of nitrogens with zero attached hydrogens (tertiary/aromatic N) is 2. The molecule has 1 aromatic heterocycles. The molecule has 0 N–H and O–H groups in total. The number of sulfone groups is 1. The van der Waals surface area contributed by atoms with Gasteiger partial charge in [-0.05, 0) is 25.0 Å². The van der Waals surface area contributed by atoms with Crippen LogP contribution in [0.15, 0.2) is 41.6 Å². The van der Waals surface area contributed by atoms with Crippen LogP contribution in [0, 0.1) is 0 Å². The smallest absolute Gasteiger partial charge is 0.232 e. The number of ether oxygens (including phenoxy) is 2. The average molecular weight is 334 g/mol. The van der Waals surface area contributed by atoms with E-state index < -0.39 is 9.84 Å². The van der Waals surface area contributed by atoms with Gasteiger partial charge < -0.3 is 9.47 Å². The SMILES string of the molecule is CS(=O)(=O)c1ccc(-c2cncc(OC[C@@H]3CCCO3)n2)cc1. The monoisotopic (exact) mass is 334 g/mol. The molecule has 1 saturated heterocycles. The number of benzene rings is 1. The lowest BCUT2D eigenvalue weighted by Gasteiger charge is -2.11. The lowest BCUT2D eigenvalue weighted by molar-refractivity contribution is 0.0662. The molecule has 3 rings (SSSR count). The van der Waals surface area contributed by atoms with Gasteiger partial charge in [-0.2, -0.15) is 0 Å². The zero-order chi connectivity index (χ0) is 16.3. The summed E-state index contributed by atoms with van der Waals surface area (Å²) in [5, 5.41) is 0. The molecule has 2 heterocycles. The molecule has 1 fully saturated rings. The van der Waals surface area contributed by atoms with Crippen LogP contribution in [-0.4, -0.2) is 44.0 Å². The average Bonchev–Trinajstić information content (AvgIpc) is 3.06. The highest BCUT2D eigenvalue weighted by molar-refractivity contribution is 7.90. The van der Waals surface area contributed by atoms with E-state index in [1.807, 2.05) is 0 Å². The van der Waals surface area contributed by atoms with Gasteiger partial charge in [0.05, 0.1) is 29.1 Å². The first kappa shape index (κ1) is 15.9. The van der Waals surface area contributed by atoms with Crippen LogP contribution in [0.4, 0.5) is 0 Å². The third kappa shape index (κ3) is 4.05. The van der Waals surface area contributed by atoms with Crippen molar-refractivity contribution in [3.05, 3.63) is 36.7 Å². The van der Waals surface area contributed by atoms with Crippen LogP contribution >= 0.6 is 0 Å². The van der Waals surface area contributed by atoms with E-state index in [-0.39, 0.29) is 11.0 Å². The number of hydrogen-bond donors (Lipinski definition) is 0. The maximum atomic E-state index is 11.5. The molecule has 6 nitrogen and oxygen atoms in total. The molecule has 0 spiro atoms. The lowest BCUT2D eigenvalue weighted by Crippen LogP contribution is -2.16. The van der Waals surface area contributed by atoms with Crippen LogP contribution in [0.1, 0.15) is 12.8 Å². The largest absolute Gasteiger partial charge is 0.474 e. The summed E-state index contributed by atoms with van der Waals surface area (Å²) in [6.45, 7) is 1.25. The minimum atomic E-state index is -3.20. The van der Waals surface area contributed by atoms with E-state index in [1.165, 1.54) is 6.26 Å². The van der Waals surface area contributed by atoms with Crippen molar-refractivity contribution in [3.8, 4) is 17.1 Å². The van der Waals surface area contributed by atoms with Gasteiger partial charge in [0, 0.05) is 18.4 Å². The van der Waals surface area contributed by atoms with Gasteiger partial charge in [0.1, 0.15) is 6.61 Å². The van der Waals surface area contributed by atoms with Crippen molar-refractivity contribution in [3.63, 3.8) is 0 Å². The molecule has 7 heteroatoms. The molecule has 2 aromatic rings. The second kappa shape index (κ2) is 6.64. The summed E-state index contributed by atoms with van der Waals surface area (Å²) in [4.78, 5) is 8.81. The van der Waals surface area contributed by atoms with Gasteiger partial charge in [-0.1, -0.05) is 12.1 Å². The van der Waals surface area contributed by atoms with Crippen LogP contribution in [0.3, 0.4) is 0 Å². The van der Waals surface area contributed by atoms with Crippen LogP contribution in [0.25, 0.3) is 11.3 Å². The first-order valence-electron chi connectivity index (χ1n) is 7.39. The highest BCUT2D eigenvalue weighted by atomic mass is 32.2. The molecule has 122 valence electrons. The summed E-state index contributed by atoms with van der Waals surface area (Å²) in [5.41, 5.74) is 1.42. The second-order valence-electron chi connectivity index (χ2n) is 5.49. The maximum Gasteiger partial charge on any atom is 0.232 e. The molecule has 0 saturated carbocycles. The molecule has 1 aliphatic rings. The minimum absolute atomic E-state index is 0.120. The fraction of sp³-hybridized carbons (Fsp3) is 0.375. The molecule has 0 aliphatic carbocycles. The van der Waals surface area contributed by atoms with Crippen LogP contribution in [0.2, 0.25) is 0 Å². The lowest BCUT2D eigenvalue weighted by atomic mass is 10.2. The quantitative estimate of drug-likeness (QED) is 0.833. The maximum absolute atomic E-state index is 11.5. The van der Waals surface area contributed by atoms with E-state index in [0.717, 1.165) is 25.0 Å². The van der Waals surface area contributed by atoms with Crippen molar-refractivity contribution in [2.75, 3.05) is 19.5 Å². The van der Waals surface area contributed by atoms with Crippen LogP contribution in [0.5, 0.6) is 5.88 Å².